The zero-order valence-electron chi connectivity index (χ0n) is 12.6. The smallest absolute Gasteiger partial charge is 0.280 e. The second-order valence-electron chi connectivity index (χ2n) is 5.69. The molecule has 0 aliphatic carbocycles. The molecule has 0 aromatic heterocycles. The maximum absolute atomic E-state index is 11.6. The zero-order valence-corrected chi connectivity index (χ0v) is 12.6. The normalized spacial score (nSPS) is 22.1. The molecule has 1 saturated heterocycles. The number of rotatable bonds is 4. The number of nitro groups is 1. The Morgan fingerprint density at radius 2 is 2.19 bits per heavy atom. The maximum atomic E-state index is 11.6. The predicted octanol–water partition coefficient (Wildman–Crippen LogP) is 2.80. The Hall–Kier alpha value is -1.95. The number of hydrogen-bond donors (Lipinski definition) is 0. The number of piperidine rings is 1. The monoisotopic (exact) mass is 292 g/mol. The van der Waals surface area contributed by atoms with Gasteiger partial charge >= 0.3 is 0 Å². The average molecular weight is 292 g/mol. The lowest BCUT2D eigenvalue weighted by molar-refractivity contribution is -0.385. The summed E-state index contributed by atoms with van der Waals surface area (Å²) in [5.74, 6) is -0.296. The largest absolute Gasteiger partial charge is 0.377 e. The van der Waals surface area contributed by atoms with Crippen LogP contribution in [0.25, 0.3) is 0 Å². The Morgan fingerprint density at radius 3 is 2.76 bits per heavy atom. The number of nitro benzene ring substituents is 1. The van der Waals surface area contributed by atoms with Crippen LogP contribution in [0.4, 0.5) is 11.4 Å². The lowest BCUT2D eigenvalue weighted by Crippen LogP contribution is -2.47. The number of ketones is 1. The van der Waals surface area contributed by atoms with E-state index in [1.54, 1.807) is 19.2 Å². The standard InChI is InChI=1S/C15H20N2O4/c1-11(18)13-9-12(5-6-14(13)17(19)20)16-8-4-7-15(2,10-16)21-3/h5-6,9H,4,7-8,10H2,1-3H3. The molecule has 21 heavy (non-hydrogen) atoms. The van der Waals surface area contributed by atoms with Gasteiger partial charge in [-0.15, -0.1) is 0 Å². The fraction of sp³-hybridized carbons (Fsp3) is 0.533. The Balaban J connectivity index is 2.34. The summed E-state index contributed by atoms with van der Waals surface area (Å²) in [7, 11) is 1.69. The summed E-state index contributed by atoms with van der Waals surface area (Å²) in [4.78, 5) is 24.2. The lowest BCUT2D eigenvalue weighted by atomic mass is 9.94. The highest BCUT2D eigenvalue weighted by molar-refractivity contribution is 5.99. The van der Waals surface area contributed by atoms with Gasteiger partial charge in [0.15, 0.2) is 5.78 Å². The Bertz CT molecular complexity index is 573. The van der Waals surface area contributed by atoms with Crippen LogP contribution in [0.2, 0.25) is 0 Å². The summed E-state index contributed by atoms with van der Waals surface area (Å²) < 4.78 is 5.55. The highest BCUT2D eigenvalue weighted by atomic mass is 16.6. The van der Waals surface area contributed by atoms with Gasteiger partial charge in [0.1, 0.15) is 0 Å². The maximum Gasteiger partial charge on any atom is 0.280 e. The molecule has 0 bridgehead atoms. The first-order chi connectivity index (χ1) is 9.86. The molecule has 0 spiro atoms. The number of carbonyl (C=O) groups excluding carboxylic acids is 1. The average Bonchev–Trinajstić information content (AvgIpc) is 2.46. The molecule has 114 valence electrons. The zero-order chi connectivity index (χ0) is 15.6. The van der Waals surface area contributed by atoms with Crippen LogP contribution in [0.3, 0.4) is 0 Å². The molecule has 1 heterocycles. The number of anilines is 1. The fourth-order valence-corrected chi connectivity index (χ4v) is 2.75. The molecule has 0 amide bonds. The minimum absolute atomic E-state index is 0.141. The van der Waals surface area contributed by atoms with Crippen LogP contribution in [-0.4, -0.2) is 36.5 Å². The van der Waals surface area contributed by atoms with Crippen LogP contribution < -0.4 is 4.90 Å². The molecule has 1 aliphatic rings. The van der Waals surface area contributed by atoms with Gasteiger partial charge in [-0.05, 0) is 38.8 Å². The van der Waals surface area contributed by atoms with Crippen molar-refractivity contribution in [1.82, 2.24) is 0 Å². The molecule has 1 unspecified atom stereocenters. The van der Waals surface area contributed by atoms with E-state index in [1.807, 2.05) is 0 Å². The molecule has 6 nitrogen and oxygen atoms in total. The van der Waals surface area contributed by atoms with Crippen molar-refractivity contribution >= 4 is 17.2 Å². The van der Waals surface area contributed by atoms with E-state index in [0.717, 1.165) is 25.1 Å². The van der Waals surface area contributed by atoms with Gasteiger partial charge in [-0.25, -0.2) is 0 Å². The highest BCUT2D eigenvalue weighted by Crippen LogP contribution is 2.31. The molecule has 1 aromatic rings. The van der Waals surface area contributed by atoms with Gasteiger partial charge in [-0.1, -0.05) is 0 Å². The van der Waals surface area contributed by atoms with Gasteiger partial charge in [-0.2, -0.15) is 0 Å². The first kappa shape index (κ1) is 15.4. The van der Waals surface area contributed by atoms with Crippen molar-refractivity contribution < 1.29 is 14.5 Å². The number of Topliss-reactive ketones (excluding diaryl/α,β-unsaturated/α-hetero) is 1. The number of benzene rings is 1. The molecule has 2 rings (SSSR count). The summed E-state index contributed by atoms with van der Waals surface area (Å²) in [6.07, 6.45) is 1.96. The molecule has 1 fully saturated rings. The third-order valence-electron chi connectivity index (χ3n) is 4.07. The van der Waals surface area contributed by atoms with E-state index in [1.165, 1.54) is 13.0 Å². The third-order valence-corrected chi connectivity index (χ3v) is 4.07. The minimum Gasteiger partial charge on any atom is -0.377 e. The van der Waals surface area contributed by atoms with Crippen molar-refractivity contribution in [1.29, 1.82) is 0 Å². The Morgan fingerprint density at radius 1 is 1.48 bits per heavy atom. The van der Waals surface area contributed by atoms with Crippen LogP contribution in [-0.2, 0) is 4.74 Å². The van der Waals surface area contributed by atoms with Gasteiger partial charge in [-0.3, -0.25) is 14.9 Å². The second-order valence-corrected chi connectivity index (χ2v) is 5.69. The van der Waals surface area contributed by atoms with Crippen LogP contribution in [0, 0.1) is 10.1 Å². The Labute approximate surface area is 123 Å². The van der Waals surface area contributed by atoms with E-state index < -0.39 is 4.92 Å². The van der Waals surface area contributed by atoms with Gasteiger partial charge in [0.05, 0.1) is 16.1 Å². The molecule has 1 aromatic carbocycles. The first-order valence-electron chi connectivity index (χ1n) is 6.96. The fourth-order valence-electron chi connectivity index (χ4n) is 2.75. The van der Waals surface area contributed by atoms with Crippen LogP contribution >= 0.6 is 0 Å². The van der Waals surface area contributed by atoms with E-state index in [9.17, 15) is 14.9 Å². The van der Waals surface area contributed by atoms with Crippen molar-refractivity contribution in [3.05, 3.63) is 33.9 Å². The summed E-state index contributed by atoms with van der Waals surface area (Å²) in [6.45, 7) is 4.96. The van der Waals surface area contributed by atoms with Crippen molar-refractivity contribution in [3.63, 3.8) is 0 Å². The first-order valence-corrected chi connectivity index (χ1v) is 6.96. The van der Waals surface area contributed by atoms with Crippen molar-refractivity contribution in [3.8, 4) is 0 Å². The molecule has 1 atom stereocenters. The number of hydrogen-bond acceptors (Lipinski definition) is 5. The molecular weight excluding hydrogens is 272 g/mol. The Kier molecular flexibility index (Phi) is 4.27. The van der Waals surface area contributed by atoms with Crippen LogP contribution in [0.1, 0.15) is 37.0 Å². The second kappa shape index (κ2) is 5.81. The number of nitrogens with zero attached hydrogens (tertiary/aromatic N) is 2. The van der Waals surface area contributed by atoms with E-state index in [4.69, 9.17) is 4.74 Å². The van der Waals surface area contributed by atoms with Gasteiger partial charge in [0.2, 0.25) is 0 Å². The van der Waals surface area contributed by atoms with Crippen LogP contribution in [0.5, 0.6) is 0 Å². The molecule has 6 heteroatoms. The summed E-state index contributed by atoms with van der Waals surface area (Å²) in [5, 5.41) is 11.0. The number of ether oxygens (including phenoxy) is 1. The van der Waals surface area contributed by atoms with Crippen LogP contribution in [0.15, 0.2) is 18.2 Å². The molecule has 0 N–H and O–H groups in total. The predicted molar refractivity (Wildman–Crippen MR) is 80.0 cm³/mol. The number of carbonyl (C=O) groups is 1. The van der Waals surface area contributed by atoms with Crippen molar-refractivity contribution in [2.75, 3.05) is 25.1 Å². The molecule has 0 saturated carbocycles. The van der Waals surface area contributed by atoms with Gasteiger partial charge < -0.3 is 9.64 Å². The van der Waals surface area contributed by atoms with E-state index in [-0.39, 0.29) is 22.6 Å². The van der Waals surface area contributed by atoms with E-state index in [2.05, 4.69) is 11.8 Å². The number of methoxy groups -OCH3 is 1. The van der Waals surface area contributed by atoms with E-state index in [0.29, 0.717) is 6.54 Å². The molecule has 0 radical (unpaired) electrons. The SMILES string of the molecule is COC1(C)CCCN(c2ccc([N+](=O)[O-])c(C(C)=O)c2)C1. The summed E-state index contributed by atoms with van der Waals surface area (Å²) >= 11 is 0. The van der Waals surface area contributed by atoms with Crippen molar-refractivity contribution in [2.45, 2.75) is 32.3 Å². The third kappa shape index (κ3) is 3.21. The molecule has 1 aliphatic heterocycles. The minimum atomic E-state index is -0.518. The highest BCUT2D eigenvalue weighted by Gasteiger charge is 2.31. The van der Waals surface area contributed by atoms with Gasteiger partial charge in [0, 0.05) is 32.0 Å². The topological polar surface area (TPSA) is 72.7 Å². The lowest BCUT2D eigenvalue weighted by Gasteiger charge is -2.40. The summed E-state index contributed by atoms with van der Waals surface area (Å²) in [5.41, 5.74) is 0.616. The quantitative estimate of drug-likeness (QED) is 0.484. The van der Waals surface area contributed by atoms with Crippen molar-refractivity contribution in [2.24, 2.45) is 0 Å². The molecular formula is C15H20N2O4. The van der Waals surface area contributed by atoms with E-state index >= 15 is 0 Å². The summed E-state index contributed by atoms with van der Waals surface area (Å²) in [6, 6.07) is 4.72. The van der Waals surface area contributed by atoms with Gasteiger partial charge in [0.25, 0.3) is 5.69 Å².